The lowest BCUT2D eigenvalue weighted by Gasteiger charge is -2.29. The van der Waals surface area contributed by atoms with Crippen molar-refractivity contribution in [3.63, 3.8) is 0 Å². The molecule has 0 aliphatic carbocycles. The van der Waals surface area contributed by atoms with Crippen LogP contribution in [0.15, 0.2) is 0 Å². The summed E-state index contributed by atoms with van der Waals surface area (Å²) in [5.74, 6) is -2.69. The number of nitrogens with zero attached hydrogens (tertiary/aromatic N) is 1. The van der Waals surface area contributed by atoms with Gasteiger partial charge in [-0.25, -0.2) is 0 Å². The number of esters is 1. The third-order valence-corrected chi connectivity index (χ3v) is 2.41. The average Bonchev–Trinajstić information content (AvgIpc) is 2.18. The maximum atomic E-state index is 11.7. The number of hydrogen-bond acceptors (Lipinski definition) is 4. The van der Waals surface area contributed by atoms with E-state index in [4.69, 9.17) is 4.74 Å². The summed E-state index contributed by atoms with van der Waals surface area (Å²) in [6, 6.07) is 0. The molecule has 0 aromatic rings. The van der Waals surface area contributed by atoms with Crippen LogP contribution in [0.2, 0.25) is 0 Å². The summed E-state index contributed by atoms with van der Waals surface area (Å²) in [5, 5.41) is 0. The van der Waals surface area contributed by atoms with Crippen LogP contribution in [0.25, 0.3) is 0 Å². The predicted molar refractivity (Wildman–Crippen MR) is 52.0 cm³/mol. The molecule has 1 fully saturated rings. The second kappa shape index (κ2) is 4.91. The first kappa shape index (κ1) is 11.7. The summed E-state index contributed by atoms with van der Waals surface area (Å²) in [4.78, 5) is 36.0. The highest BCUT2D eigenvalue weighted by Crippen LogP contribution is 2.16. The number of carbonyl (C=O) groups is 3. The summed E-state index contributed by atoms with van der Waals surface area (Å²) in [6.45, 7) is 4.57. The summed E-state index contributed by atoms with van der Waals surface area (Å²) < 4.78 is 4.71. The van der Waals surface area contributed by atoms with Crippen molar-refractivity contribution in [2.75, 3.05) is 19.7 Å². The Kier molecular flexibility index (Phi) is 3.82. The number of carbonyl (C=O) groups excluding carboxylic acids is 3. The second-order valence-corrected chi connectivity index (χ2v) is 3.32. The van der Waals surface area contributed by atoms with Gasteiger partial charge in [-0.05, 0) is 13.8 Å². The Morgan fingerprint density at radius 3 is 2.67 bits per heavy atom. The first-order valence-corrected chi connectivity index (χ1v) is 5.10. The van der Waals surface area contributed by atoms with E-state index in [0.717, 1.165) is 0 Å². The summed E-state index contributed by atoms with van der Waals surface area (Å²) in [6.07, 6.45) is 0.239. The molecule has 0 spiro atoms. The number of rotatable bonds is 3. The molecular weight excluding hydrogens is 198 g/mol. The van der Waals surface area contributed by atoms with Gasteiger partial charge in [-0.3, -0.25) is 14.4 Å². The third-order valence-electron chi connectivity index (χ3n) is 2.41. The van der Waals surface area contributed by atoms with E-state index in [0.29, 0.717) is 13.1 Å². The minimum atomic E-state index is -1.22. The zero-order chi connectivity index (χ0) is 11.4. The third kappa shape index (κ3) is 2.34. The lowest BCUT2D eigenvalue weighted by atomic mass is 9.95. The summed E-state index contributed by atoms with van der Waals surface area (Å²) in [7, 11) is 0. The Morgan fingerprint density at radius 2 is 2.13 bits per heavy atom. The first-order valence-electron chi connectivity index (χ1n) is 5.10. The van der Waals surface area contributed by atoms with Crippen LogP contribution in [-0.2, 0) is 19.1 Å². The zero-order valence-electron chi connectivity index (χ0n) is 8.99. The Hall–Kier alpha value is -1.39. The molecule has 0 aromatic carbocycles. The van der Waals surface area contributed by atoms with Gasteiger partial charge < -0.3 is 9.64 Å². The molecular formula is C10H15NO4. The van der Waals surface area contributed by atoms with E-state index >= 15 is 0 Å². The normalized spacial score (nSPS) is 21.7. The molecule has 1 heterocycles. The van der Waals surface area contributed by atoms with E-state index in [-0.39, 0.29) is 18.8 Å². The van der Waals surface area contributed by atoms with Gasteiger partial charge >= 0.3 is 5.97 Å². The molecule has 1 atom stereocenters. The van der Waals surface area contributed by atoms with Crippen molar-refractivity contribution >= 4 is 17.7 Å². The molecule has 1 amide bonds. The van der Waals surface area contributed by atoms with Crippen LogP contribution < -0.4 is 0 Å². The van der Waals surface area contributed by atoms with Crippen LogP contribution >= 0.6 is 0 Å². The van der Waals surface area contributed by atoms with Crippen molar-refractivity contribution < 1.29 is 19.1 Å². The van der Waals surface area contributed by atoms with Gasteiger partial charge in [0.25, 0.3) is 0 Å². The molecule has 84 valence electrons. The molecule has 1 unspecified atom stereocenters. The lowest BCUT2D eigenvalue weighted by Crippen LogP contribution is -2.49. The number of ether oxygens (including phenoxy) is 1. The Balaban J connectivity index is 2.78. The fourth-order valence-electron chi connectivity index (χ4n) is 1.59. The standard InChI is InChI=1S/C10H15NO4/c1-3-11-6-5-7(12)8(9(11)13)10(14)15-4-2/h8H,3-6H2,1-2H3. The molecule has 0 aromatic heterocycles. The average molecular weight is 213 g/mol. The fraction of sp³-hybridized carbons (Fsp3) is 0.700. The number of likely N-dealkylation sites (tertiary alicyclic amines) is 1. The minimum Gasteiger partial charge on any atom is -0.465 e. The topological polar surface area (TPSA) is 63.7 Å². The molecule has 0 N–H and O–H groups in total. The Labute approximate surface area is 88.4 Å². The highest BCUT2D eigenvalue weighted by Gasteiger charge is 2.40. The Bertz CT molecular complexity index is 287. The molecule has 15 heavy (non-hydrogen) atoms. The van der Waals surface area contributed by atoms with Crippen LogP contribution in [0.1, 0.15) is 20.3 Å². The summed E-state index contributed by atoms with van der Waals surface area (Å²) >= 11 is 0. The van der Waals surface area contributed by atoms with Gasteiger partial charge in [0.05, 0.1) is 6.61 Å². The predicted octanol–water partition coefficient (Wildman–Crippen LogP) is -0.0130. The number of amides is 1. The lowest BCUT2D eigenvalue weighted by molar-refractivity contribution is -0.161. The van der Waals surface area contributed by atoms with Crippen LogP contribution in [0.4, 0.5) is 0 Å². The second-order valence-electron chi connectivity index (χ2n) is 3.32. The van der Waals surface area contributed by atoms with Crippen LogP contribution in [-0.4, -0.2) is 42.3 Å². The number of Topliss-reactive ketones (excluding diaryl/α,β-unsaturated/α-hetero) is 1. The maximum absolute atomic E-state index is 11.7. The maximum Gasteiger partial charge on any atom is 0.326 e. The monoisotopic (exact) mass is 213 g/mol. The van der Waals surface area contributed by atoms with Crippen LogP contribution in [0, 0.1) is 5.92 Å². The van der Waals surface area contributed by atoms with Crippen molar-refractivity contribution in [2.45, 2.75) is 20.3 Å². The van der Waals surface area contributed by atoms with E-state index in [1.165, 1.54) is 4.90 Å². The number of hydrogen-bond donors (Lipinski definition) is 0. The number of ketones is 1. The minimum absolute atomic E-state index is 0.183. The van der Waals surface area contributed by atoms with Gasteiger partial charge in [-0.1, -0.05) is 0 Å². The van der Waals surface area contributed by atoms with Gasteiger partial charge in [-0.15, -0.1) is 0 Å². The molecule has 0 saturated carbocycles. The van der Waals surface area contributed by atoms with Crippen LogP contribution in [0.3, 0.4) is 0 Å². The van der Waals surface area contributed by atoms with E-state index in [1.807, 2.05) is 6.92 Å². The molecule has 0 bridgehead atoms. The van der Waals surface area contributed by atoms with Gasteiger partial charge in [0, 0.05) is 19.5 Å². The Morgan fingerprint density at radius 1 is 1.47 bits per heavy atom. The fourth-order valence-corrected chi connectivity index (χ4v) is 1.59. The molecule has 5 nitrogen and oxygen atoms in total. The van der Waals surface area contributed by atoms with Crippen molar-refractivity contribution in [1.82, 2.24) is 4.90 Å². The van der Waals surface area contributed by atoms with Gasteiger partial charge in [-0.2, -0.15) is 0 Å². The van der Waals surface area contributed by atoms with Crippen molar-refractivity contribution in [1.29, 1.82) is 0 Å². The van der Waals surface area contributed by atoms with E-state index in [2.05, 4.69) is 0 Å². The van der Waals surface area contributed by atoms with Gasteiger partial charge in [0.2, 0.25) is 5.91 Å². The highest BCUT2D eigenvalue weighted by molar-refractivity contribution is 6.17. The van der Waals surface area contributed by atoms with E-state index < -0.39 is 17.8 Å². The molecule has 1 aliphatic rings. The quantitative estimate of drug-likeness (QED) is 0.488. The molecule has 0 radical (unpaired) electrons. The highest BCUT2D eigenvalue weighted by atomic mass is 16.5. The molecule has 1 aliphatic heterocycles. The van der Waals surface area contributed by atoms with E-state index in [9.17, 15) is 14.4 Å². The molecule has 1 rings (SSSR count). The SMILES string of the molecule is CCOC(=O)C1C(=O)CCN(CC)C1=O. The molecule has 1 saturated heterocycles. The largest absolute Gasteiger partial charge is 0.465 e. The molecule has 5 heteroatoms. The van der Waals surface area contributed by atoms with Crippen LogP contribution in [0.5, 0.6) is 0 Å². The number of piperidine rings is 1. The van der Waals surface area contributed by atoms with E-state index in [1.54, 1.807) is 6.92 Å². The summed E-state index contributed by atoms with van der Waals surface area (Å²) in [5.41, 5.74) is 0. The smallest absolute Gasteiger partial charge is 0.326 e. The zero-order valence-corrected chi connectivity index (χ0v) is 8.99. The first-order chi connectivity index (χ1) is 7.11. The van der Waals surface area contributed by atoms with Gasteiger partial charge in [0.15, 0.2) is 11.7 Å². The van der Waals surface area contributed by atoms with Crippen molar-refractivity contribution in [3.05, 3.63) is 0 Å². The van der Waals surface area contributed by atoms with Crippen molar-refractivity contribution in [3.8, 4) is 0 Å². The van der Waals surface area contributed by atoms with Gasteiger partial charge in [0.1, 0.15) is 0 Å². The van der Waals surface area contributed by atoms with Crippen molar-refractivity contribution in [2.24, 2.45) is 5.92 Å².